The van der Waals surface area contributed by atoms with Crippen molar-refractivity contribution in [1.82, 2.24) is 5.32 Å². The van der Waals surface area contributed by atoms with Gasteiger partial charge < -0.3 is 14.8 Å². The number of hydrogen-bond acceptors (Lipinski definition) is 3. The topological polar surface area (TPSA) is 30.5 Å². The molecule has 2 rings (SSSR count). The Balaban J connectivity index is 2.12. The zero-order valence-electron chi connectivity index (χ0n) is 10.9. The lowest BCUT2D eigenvalue weighted by molar-refractivity contribution is 0.0548. The van der Waals surface area contributed by atoms with Crippen LogP contribution >= 0.6 is 0 Å². The van der Waals surface area contributed by atoms with Crippen LogP contribution in [0.25, 0.3) is 0 Å². The molecular formula is C14H21NO2. The maximum absolute atomic E-state index is 6.18. The minimum Gasteiger partial charge on any atom is -0.497 e. The van der Waals surface area contributed by atoms with Gasteiger partial charge in [-0.3, -0.25) is 0 Å². The normalized spacial score (nSPS) is 18.8. The Morgan fingerprint density at radius 2 is 1.94 bits per heavy atom. The molecule has 0 aromatic heterocycles. The first kappa shape index (κ1) is 12.2. The third kappa shape index (κ3) is 2.91. The van der Waals surface area contributed by atoms with Crippen LogP contribution in [0.1, 0.15) is 25.3 Å². The third-order valence-electron chi connectivity index (χ3n) is 3.40. The van der Waals surface area contributed by atoms with E-state index in [1.165, 1.54) is 0 Å². The maximum atomic E-state index is 6.18. The molecule has 1 fully saturated rings. The Morgan fingerprint density at radius 1 is 1.24 bits per heavy atom. The van der Waals surface area contributed by atoms with Crippen LogP contribution in [0.3, 0.4) is 0 Å². The molecule has 0 bridgehead atoms. The minimum atomic E-state index is -0.0371. The third-order valence-corrected chi connectivity index (χ3v) is 3.40. The molecular weight excluding hydrogens is 214 g/mol. The van der Waals surface area contributed by atoms with Gasteiger partial charge in [-0.1, -0.05) is 0 Å². The van der Waals surface area contributed by atoms with E-state index in [1.54, 1.807) is 7.11 Å². The van der Waals surface area contributed by atoms with Crippen LogP contribution in [0.4, 0.5) is 0 Å². The SMILES string of the molecule is COc1ccc(OC2(C)CCNCC2)c(C)c1. The van der Waals surface area contributed by atoms with Crippen LogP contribution in [0.2, 0.25) is 0 Å². The fraction of sp³-hybridized carbons (Fsp3) is 0.571. The highest BCUT2D eigenvalue weighted by Crippen LogP contribution is 2.30. The zero-order valence-corrected chi connectivity index (χ0v) is 10.9. The number of piperidine rings is 1. The van der Waals surface area contributed by atoms with E-state index >= 15 is 0 Å². The summed E-state index contributed by atoms with van der Waals surface area (Å²) >= 11 is 0. The molecule has 0 unspecified atom stereocenters. The summed E-state index contributed by atoms with van der Waals surface area (Å²) in [4.78, 5) is 0. The molecule has 1 aliphatic heterocycles. The fourth-order valence-corrected chi connectivity index (χ4v) is 2.19. The van der Waals surface area contributed by atoms with Crippen molar-refractivity contribution < 1.29 is 9.47 Å². The van der Waals surface area contributed by atoms with E-state index in [0.717, 1.165) is 43.0 Å². The molecule has 3 nitrogen and oxygen atoms in total. The van der Waals surface area contributed by atoms with Gasteiger partial charge >= 0.3 is 0 Å². The smallest absolute Gasteiger partial charge is 0.123 e. The summed E-state index contributed by atoms with van der Waals surface area (Å²) < 4.78 is 11.4. The Hall–Kier alpha value is -1.22. The molecule has 1 aliphatic rings. The lowest BCUT2D eigenvalue weighted by Gasteiger charge is -2.35. The molecule has 1 saturated heterocycles. The highest BCUT2D eigenvalue weighted by atomic mass is 16.5. The van der Waals surface area contributed by atoms with Gasteiger partial charge in [-0.15, -0.1) is 0 Å². The van der Waals surface area contributed by atoms with Gasteiger partial charge in [0.25, 0.3) is 0 Å². The molecule has 1 heterocycles. The van der Waals surface area contributed by atoms with Crippen LogP contribution in [0.5, 0.6) is 11.5 Å². The van der Waals surface area contributed by atoms with Gasteiger partial charge in [0.15, 0.2) is 0 Å². The lowest BCUT2D eigenvalue weighted by Crippen LogP contribution is -2.43. The van der Waals surface area contributed by atoms with Gasteiger partial charge in [0.1, 0.15) is 17.1 Å². The van der Waals surface area contributed by atoms with Crippen molar-refractivity contribution in [1.29, 1.82) is 0 Å². The number of hydrogen-bond donors (Lipinski definition) is 1. The van der Waals surface area contributed by atoms with E-state index in [1.807, 2.05) is 18.2 Å². The second-order valence-electron chi connectivity index (χ2n) is 4.93. The zero-order chi connectivity index (χ0) is 12.3. The summed E-state index contributed by atoms with van der Waals surface area (Å²) in [5.41, 5.74) is 1.09. The highest BCUT2D eigenvalue weighted by molar-refractivity contribution is 5.39. The summed E-state index contributed by atoms with van der Waals surface area (Å²) in [5.74, 6) is 1.85. The van der Waals surface area contributed by atoms with Crippen molar-refractivity contribution in [3.8, 4) is 11.5 Å². The maximum Gasteiger partial charge on any atom is 0.123 e. The van der Waals surface area contributed by atoms with E-state index < -0.39 is 0 Å². The van der Waals surface area contributed by atoms with Gasteiger partial charge in [0.2, 0.25) is 0 Å². The molecule has 0 aliphatic carbocycles. The number of rotatable bonds is 3. The molecule has 0 atom stereocenters. The van der Waals surface area contributed by atoms with Gasteiger partial charge in [-0.25, -0.2) is 0 Å². The van der Waals surface area contributed by atoms with E-state index in [9.17, 15) is 0 Å². The predicted octanol–water partition coefficient (Wildman–Crippen LogP) is 2.52. The summed E-state index contributed by atoms with van der Waals surface area (Å²) in [7, 11) is 1.68. The first-order valence-electron chi connectivity index (χ1n) is 6.17. The monoisotopic (exact) mass is 235 g/mol. The van der Waals surface area contributed by atoms with Crippen molar-refractivity contribution in [2.75, 3.05) is 20.2 Å². The standard InChI is InChI=1S/C14H21NO2/c1-11-10-12(16-3)4-5-13(11)17-14(2)6-8-15-9-7-14/h4-5,10,15H,6-9H2,1-3H3. The summed E-state index contributed by atoms with van der Waals surface area (Å²) in [6.07, 6.45) is 2.11. The molecule has 1 aromatic rings. The van der Waals surface area contributed by atoms with Gasteiger partial charge in [-0.2, -0.15) is 0 Å². The second-order valence-corrected chi connectivity index (χ2v) is 4.93. The molecule has 0 saturated carbocycles. The average Bonchev–Trinajstić information content (AvgIpc) is 2.32. The molecule has 1 aromatic carbocycles. The lowest BCUT2D eigenvalue weighted by atomic mass is 9.94. The first-order valence-corrected chi connectivity index (χ1v) is 6.17. The van der Waals surface area contributed by atoms with Gasteiger partial charge in [0, 0.05) is 0 Å². The largest absolute Gasteiger partial charge is 0.497 e. The first-order chi connectivity index (χ1) is 8.13. The van der Waals surface area contributed by atoms with E-state index in [0.29, 0.717) is 0 Å². The van der Waals surface area contributed by atoms with Crippen LogP contribution in [-0.2, 0) is 0 Å². The van der Waals surface area contributed by atoms with E-state index in [-0.39, 0.29) is 5.60 Å². The number of methoxy groups -OCH3 is 1. The number of benzene rings is 1. The highest BCUT2D eigenvalue weighted by Gasteiger charge is 2.29. The Bertz CT molecular complexity index is 384. The molecule has 3 heteroatoms. The number of ether oxygens (including phenoxy) is 2. The van der Waals surface area contributed by atoms with Crippen molar-refractivity contribution >= 4 is 0 Å². The number of aryl methyl sites for hydroxylation is 1. The fourth-order valence-electron chi connectivity index (χ4n) is 2.19. The Morgan fingerprint density at radius 3 is 2.53 bits per heavy atom. The van der Waals surface area contributed by atoms with Crippen molar-refractivity contribution in [2.24, 2.45) is 0 Å². The Labute approximate surface area is 103 Å². The average molecular weight is 235 g/mol. The molecule has 0 radical (unpaired) electrons. The predicted molar refractivity (Wildman–Crippen MR) is 68.9 cm³/mol. The molecule has 17 heavy (non-hydrogen) atoms. The van der Waals surface area contributed by atoms with Gasteiger partial charge in [0.05, 0.1) is 7.11 Å². The van der Waals surface area contributed by atoms with Gasteiger partial charge in [-0.05, 0) is 63.5 Å². The van der Waals surface area contributed by atoms with Crippen LogP contribution in [0, 0.1) is 6.92 Å². The number of nitrogens with one attached hydrogen (secondary N) is 1. The Kier molecular flexibility index (Phi) is 3.57. The second kappa shape index (κ2) is 4.96. The van der Waals surface area contributed by atoms with Crippen molar-refractivity contribution in [3.63, 3.8) is 0 Å². The summed E-state index contributed by atoms with van der Waals surface area (Å²) in [6, 6.07) is 5.97. The summed E-state index contributed by atoms with van der Waals surface area (Å²) in [5, 5.41) is 3.36. The molecule has 0 spiro atoms. The summed E-state index contributed by atoms with van der Waals surface area (Å²) in [6.45, 7) is 6.32. The minimum absolute atomic E-state index is 0.0371. The van der Waals surface area contributed by atoms with Crippen molar-refractivity contribution in [2.45, 2.75) is 32.3 Å². The van der Waals surface area contributed by atoms with E-state index in [2.05, 4.69) is 19.2 Å². The molecule has 94 valence electrons. The molecule has 1 N–H and O–H groups in total. The van der Waals surface area contributed by atoms with Crippen LogP contribution in [-0.4, -0.2) is 25.8 Å². The van der Waals surface area contributed by atoms with Crippen molar-refractivity contribution in [3.05, 3.63) is 23.8 Å². The quantitative estimate of drug-likeness (QED) is 0.873. The van der Waals surface area contributed by atoms with Crippen LogP contribution < -0.4 is 14.8 Å². The molecule has 0 amide bonds. The van der Waals surface area contributed by atoms with Crippen LogP contribution in [0.15, 0.2) is 18.2 Å². The van der Waals surface area contributed by atoms with E-state index in [4.69, 9.17) is 9.47 Å².